The Balaban J connectivity index is 1.14. The van der Waals surface area contributed by atoms with Crippen molar-refractivity contribution in [2.24, 2.45) is 0 Å². The van der Waals surface area contributed by atoms with Crippen molar-refractivity contribution in [3.63, 3.8) is 0 Å². The summed E-state index contributed by atoms with van der Waals surface area (Å²) >= 11 is 0. The van der Waals surface area contributed by atoms with E-state index in [-0.39, 0.29) is 0 Å². The van der Waals surface area contributed by atoms with Crippen LogP contribution in [0.5, 0.6) is 0 Å². The Bertz CT molecular complexity index is 3380. The molecular formula is C47H26N6O. The van der Waals surface area contributed by atoms with Crippen LogP contribution in [0.4, 0.5) is 0 Å². The quantitative estimate of drug-likeness (QED) is 0.183. The van der Waals surface area contributed by atoms with E-state index in [9.17, 15) is 0 Å². The minimum Gasteiger partial charge on any atom is -0.456 e. The number of aromatic nitrogens is 6. The molecule has 0 atom stereocenters. The van der Waals surface area contributed by atoms with Crippen LogP contribution in [-0.2, 0) is 0 Å². The van der Waals surface area contributed by atoms with Gasteiger partial charge in [0, 0.05) is 43.6 Å². The van der Waals surface area contributed by atoms with E-state index in [1.165, 1.54) is 0 Å². The molecule has 250 valence electrons. The highest BCUT2D eigenvalue weighted by Crippen LogP contribution is 2.45. The molecule has 0 saturated carbocycles. The second-order valence-electron chi connectivity index (χ2n) is 13.7. The third kappa shape index (κ3) is 4.20. The summed E-state index contributed by atoms with van der Waals surface area (Å²) in [6, 6.07) is 53.8. The molecule has 0 aliphatic rings. The summed E-state index contributed by atoms with van der Waals surface area (Å²) in [5.41, 5.74) is 12.2. The predicted octanol–water partition coefficient (Wildman–Crippen LogP) is 11.5. The lowest BCUT2D eigenvalue weighted by molar-refractivity contribution is 0.669. The molecule has 0 bridgehead atoms. The fraction of sp³-hybridized carbons (Fsp3) is 0. The highest BCUT2D eigenvalue weighted by Gasteiger charge is 2.24. The molecule has 0 aliphatic heterocycles. The molecule has 0 radical (unpaired) electrons. The lowest BCUT2D eigenvalue weighted by Gasteiger charge is -2.10. The Kier molecular flexibility index (Phi) is 5.93. The Labute approximate surface area is 307 Å². The van der Waals surface area contributed by atoms with E-state index in [0.29, 0.717) is 17.5 Å². The Hall–Kier alpha value is -7.51. The number of nitrogens with zero attached hydrogens (tertiary/aromatic N) is 6. The highest BCUT2D eigenvalue weighted by molar-refractivity contribution is 6.32. The van der Waals surface area contributed by atoms with E-state index in [0.717, 1.165) is 99.1 Å². The van der Waals surface area contributed by atoms with Gasteiger partial charge in [-0.15, -0.1) is 0 Å². The molecule has 7 nitrogen and oxygen atoms in total. The molecule has 5 aromatic heterocycles. The average molecular weight is 691 g/mol. The summed E-state index contributed by atoms with van der Waals surface area (Å²) < 4.78 is 8.69. The maximum atomic E-state index is 6.40. The van der Waals surface area contributed by atoms with Crippen molar-refractivity contribution >= 4 is 71.3 Å². The molecule has 12 aromatic rings. The fourth-order valence-corrected chi connectivity index (χ4v) is 8.12. The highest BCUT2D eigenvalue weighted by atomic mass is 16.3. The van der Waals surface area contributed by atoms with Crippen molar-refractivity contribution in [2.75, 3.05) is 0 Å². The van der Waals surface area contributed by atoms with Gasteiger partial charge >= 0.3 is 0 Å². The zero-order valence-corrected chi connectivity index (χ0v) is 28.6. The van der Waals surface area contributed by atoms with E-state index in [2.05, 4.69) is 65.1 Å². The summed E-state index contributed by atoms with van der Waals surface area (Å²) in [6.45, 7) is 0. The average Bonchev–Trinajstić information content (AvgIpc) is 3.89. The van der Waals surface area contributed by atoms with Gasteiger partial charge in [-0.3, -0.25) is 4.40 Å². The molecule has 7 aromatic carbocycles. The minimum atomic E-state index is 0.612. The van der Waals surface area contributed by atoms with E-state index in [4.69, 9.17) is 29.3 Å². The molecule has 7 heteroatoms. The van der Waals surface area contributed by atoms with Crippen LogP contribution < -0.4 is 0 Å². The van der Waals surface area contributed by atoms with Gasteiger partial charge in [0.05, 0.1) is 22.1 Å². The smallest absolute Gasteiger partial charge is 0.165 e. The van der Waals surface area contributed by atoms with E-state index < -0.39 is 0 Å². The standard InChI is InChI=1S/C47H26N6O/c1-3-12-27(13-4-1)44-50-45(28-14-5-2-6-15-28)52-46(51-44)30-17-11-16-29(24-30)31-25-33-40-37(22-23-39-41(40)32-18-7-10-21-38(32)54-39)53-43(33)34(26-31)42-47(53)49-36-20-9-8-19-35(36)48-42/h1-26H. The number of hydrogen-bond acceptors (Lipinski definition) is 6. The largest absolute Gasteiger partial charge is 0.456 e. The third-order valence-corrected chi connectivity index (χ3v) is 10.5. The number of rotatable bonds is 4. The third-order valence-electron chi connectivity index (χ3n) is 10.5. The molecule has 0 aliphatic carbocycles. The number of furan rings is 1. The van der Waals surface area contributed by atoms with Crippen molar-refractivity contribution in [1.29, 1.82) is 0 Å². The number of hydrogen-bond donors (Lipinski definition) is 0. The van der Waals surface area contributed by atoms with Gasteiger partial charge in [-0.2, -0.15) is 0 Å². The molecule has 0 N–H and O–H groups in total. The Morgan fingerprint density at radius 1 is 0.389 bits per heavy atom. The van der Waals surface area contributed by atoms with E-state index >= 15 is 0 Å². The number of fused-ring (bicyclic) bond motifs is 11. The van der Waals surface area contributed by atoms with E-state index in [1.54, 1.807) is 0 Å². The number of para-hydroxylation sites is 3. The van der Waals surface area contributed by atoms with Crippen LogP contribution >= 0.6 is 0 Å². The maximum Gasteiger partial charge on any atom is 0.165 e. The first-order valence-corrected chi connectivity index (χ1v) is 17.9. The Morgan fingerprint density at radius 2 is 1.00 bits per heavy atom. The molecule has 0 spiro atoms. The molecule has 12 rings (SSSR count). The van der Waals surface area contributed by atoms with Gasteiger partial charge in [0.15, 0.2) is 23.1 Å². The zero-order chi connectivity index (χ0) is 35.3. The van der Waals surface area contributed by atoms with Gasteiger partial charge in [0.25, 0.3) is 0 Å². The molecule has 0 amide bonds. The zero-order valence-electron chi connectivity index (χ0n) is 28.6. The van der Waals surface area contributed by atoms with Crippen LogP contribution in [0.2, 0.25) is 0 Å². The maximum absolute atomic E-state index is 6.40. The van der Waals surface area contributed by atoms with Crippen LogP contribution in [0.15, 0.2) is 162 Å². The summed E-state index contributed by atoms with van der Waals surface area (Å²) in [7, 11) is 0. The van der Waals surface area contributed by atoms with Crippen LogP contribution in [0.25, 0.3) is 117 Å². The van der Waals surface area contributed by atoms with E-state index in [1.807, 2.05) is 97.1 Å². The van der Waals surface area contributed by atoms with Gasteiger partial charge in [0.1, 0.15) is 16.7 Å². The summed E-state index contributed by atoms with van der Waals surface area (Å²) in [5, 5.41) is 5.52. The first-order chi connectivity index (χ1) is 26.7. The molecule has 0 saturated heterocycles. The van der Waals surface area contributed by atoms with Gasteiger partial charge in [-0.25, -0.2) is 24.9 Å². The second-order valence-corrected chi connectivity index (χ2v) is 13.7. The van der Waals surface area contributed by atoms with Gasteiger partial charge in [0.2, 0.25) is 0 Å². The first kappa shape index (κ1) is 29.1. The van der Waals surface area contributed by atoms with Crippen LogP contribution in [0.3, 0.4) is 0 Å². The summed E-state index contributed by atoms with van der Waals surface area (Å²) in [5.74, 6) is 1.87. The molecule has 0 fully saturated rings. The van der Waals surface area contributed by atoms with Crippen LogP contribution in [0.1, 0.15) is 0 Å². The topological polar surface area (TPSA) is 82.0 Å². The van der Waals surface area contributed by atoms with Crippen molar-refractivity contribution in [3.8, 4) is 45.3 Å². The van der Waals surface area contributed by atoms with Crippen LogP contribution in [0, 0.1) is 0 Å². The minimum absolute atomic E-state index is 0.612. The Morgan fingerprint density at radius 3 is 1.76 bits per heavy atom. The molecule has 0 unspecified atom stereocenters. The normalized spacial score (nSPS) is 12.1. The molecule has 54 heavy (non-hydrogen) atoms. The number of benzene rings is 7. The van der Waals surface area contributed by atoms with Crippen molar-refractivity contribution in [2.45, 2.75) is 0 Å². The monoisotopic (exact) mass is 690 g/mol. The fourth-order valence-electron chi connectivity index (χ4n) is 8.12. The predicted molar refractivity (Wildman–Crippen MR) is 217 cm³/mol. The summed E-state index contributed by atoms with van der Waals surface area (Å²) in [4.78, 5) is 25.4. The van der Waals surface area contributed by atoms with Crippen LogP contribution in [-0.4, -0.2) is 29.3 Å². The van der Waals surface area contributed by atoms with Gasteiger partial charge in [-0.1, -0.05) is 109 Å². The van der Waals surface area contributed by atoms with Crippen molar-refractivity contribution in [1.82, 2.24) is 29.3 Å². The van der Waals surface area contributed by atoms with Crippen molar-refractivity contribution < 1.29 is 4.42 Å². The summed E-state index contributed by atoms with van der Waals surface area (Å²) in [6.07, 6.45) is 0. The van der Waals surface area contributed by atoms with Crippen molar-refractivity contribution in [3.05, 3.63) is 158 Å². The molecule has 5 heterocycles. The second kappa shape index (κ2) is 11.0. The lowest BCUT2D eigenvalue weighted by atomic mass is 9.97. The van der Waals surface area contributed by atoms with Gasteiger partial charge in [-0.05, 0) is 59.7 Å². The van der Waals surface area contributed by atoms with Gasteiger partial charge < -0.3 is 4.42 Å². The lowest BCUT2D eigenvalue weighted by Crippen LogP contribution is -2.00. The SMILES string of the molecule is c1ccc(-c2nc(-c3ccccc3)nc(-c3cccc(-c4cc5c6nc7ccccc7nc6n6c7ccc8oc9ccccc9c8c7c(c4)c56)c3)n2)cc1. The molecular weight excluding hydrogens is 665 g/mol. The first-order valence-electron chi connectivity index (χ1n) is 17.9.